The molecule has 1 heterocycles. The molecule has 6 atom stereocenters. The normalized spacial score (nSPS) is 49.5. The Balaban J connectivity index is 2.00. The maximum atomic E-state index is 11.9. The molecule has 1 aliphatic heterocycles. The van der Waals surface area contributed by atoms with E-state index in [9.17, 15) is 9.90 Å². The molecule has 3 rings (SSSR count). The highest BCUT2D eigenvalue weighted by Crippen LogP contribution is 2.51. The van der Waals surface area contributed by atoms with Crippen LogP contribution >= 0.6 is 0 Å². The molecule has 17 heavy (non-hydrogen) atoms. The van der Waals surface area contributed by atoms with Crippen molar-refractivity contribution >= 4 is 11.7 Å². The van der Waals surface area contributed by atoms with Gasteiger partial charge in [-0.1, -0.05) is 13.3 Å². The summed E-state index contributed by atoms with van der Waals surface area (Å²) >= 11 is 0. The molecule has 3 N–H and O–H groups in total. The summed E-state index contributed by atoms with van der Waals surface area (Å²) in [5.41, 5.74) is 5.93. The third-order valence-corrected chi connectivity index (χ3v) is 5.19. The molecule has 1 amide bonds. The zero-order valence-corrected chi connectivity index (χ0v) is 10.2. The lowest BCUT2D eigenvalue weighted by molar-refractivity contribution is -0.135. The fraction of sp³-hybridized carbons (Fsp3) is 0.846. The largest absolute Gasteiger partial charge is 0.393 e. The Kier molecular flexibility index (Phi) is 2.51. The molecule has 2 aliphatic carbocycles. The van der Waals surface area contributed by atoms with Crippen LogP contribution in [-0.4, -0.2) is 23.0 Å². The van der Waals surface area contributed by atoms with E-state index in [4.69, 9.17) is 5.73 Å². The van der Waals surface area contributed by atoms with Crippen LogP contribution in [0, 0.1) is 29.6 Å². The van der Waals surface area contributed by atoms with Crippen LogP contribution in [0.5, 0.6) is 0 Å². The Morgan fingerprint density at radius 2 is 2.12 bits per heavy atom. The molecule has 2 fully saturated rings. The van der Waals surface area contributed by atoms with Gasteiger partial charge in [-0.15, -0.1) is 0 Å². The Bertz CT molecular complexity index is 380. The van der Waals surface area contributed by atoms with Crippen molar-refractivity contribution in [1.29, 1.82) is 0 Å². The van der Waals surface area contributed by atoms with E-state index in [1.165, 1.54) is 0 Å². The number of amides is 1. The van der Waals surface area contributed by atoms with Gasteiger partial charge < -0.3 is 10.8 Å². The minimum atomic E-state index is -0.349. The van der Waals surface area contributed by atoms with Crippen molar-refractivity contribution in [1.82, 2.24) is 0 Å². The van der Waals surface area contributed by atoms with Crippen LogP contribution in [-0.2, 0) is 4.79 Å². The van der Waals surface area contributed by atoms with E-state index in [2.05, 4.69) is 11.9 Å². The average Bonchev–Trinajstić information content (AvgIpc) is 2.31. The van der Waals surface area contributed by atoms with Crippen LogP contribution in [0.2, 0.25) is 0 Å². The van der Waals surface area contributed by atoms with E-state index >= 15 is 0 Å². The molecular weight excluding hydrogens is 216 g/mol. The third kappa shape index (κ3) is 1.53. The van der Waals surface area contributed by atoms with Crippen molar-refractivity contribution in [3.8, 4) is 0 Å². The molecule has 0 aromatic rings. The molecule has 0 bridgehead atoms. The highest BCUT2D eigenvalue weighted by atomic mass is 16.3. The minimum Gasteiger partial charge on any atom is -0.393 e. The van der Waals surface area contributed by atoms with Gasteiger partial charge in [-0.2, -0.15) is 0 Å². The fourth-order valence-electron chi connectivity index (χ4n) is 4.27. The van der Waals surface area contributed by atoms with Gasteiger partial charge in [-0.05, 0) is 37.0 Å². The number of amidine groups is 1. The van der Waals surface area contributed by atoms with Crippen LogP contribution in [0.3, 0.4) is 0 Å². The van der Waals surface area contributed by atoms with Crippen LogP contribution in [0.4, 0.5) is 0 Å². The van der Waals surface area contributed by atoms with Crippen molar-refractivity contribution in [3.05, 3.63) is 0 Å². The van der Waals surface area contributed by atoms with Gasteiger partial charge in [-0.3, -0.25) is 4.79 Å². The maximum absolute atomic E-state index is 11.9. The summed E-state index contributed by atoms with van der Waals surface area (Å²) in [4.78, 5) is 15.9. The highest BCUT2D eigenvalue weighted by Gasteiger charge is 2.52. The first-order valence-corrected chi connectivity index (χ1v) is 6.65. The number of nitrogens with zero attached hydrogens (tertiary/aromatic N) is 1. The first-order chi connectivity index (χ1) is 8.09. The monoisotopic (exact) mass is 236 g/mol. The molecule has 0 aromatic heterocycles. The van der Waals surface area contributed by atoms with Crippen molar-refractivity contribution in [2.24, 2.45) is 40.3 Å². The molecule has 94 valence electrons. The summed E-state index contributed by atoms with van der Waals surface area (Å²) in [5, 5.41) is 10.1. The second-order valence-corrected chi connectivity index (χ2v) is 5.92. The van der Waals surface area contributed by atoms with Gasteiger partial charge in [-0.25, -0.2) is 4.99 Å². The van der Waals surface area contributed by atoms with Gasteiger partial charge in [0.15, 0.2) is 0 Å². The molecule has 2 saturated carbocycles. The lowest BCUT2D eigenvalue weighted by Crippen LogP contribution is -2.54. The van der Waals surface area contributed by atoms with Gasteiger partial charge in [0.2, 0.25) is 0 Å². The van der Waals surface area contributed by atoms with Crippen LogP contribution in [0.15, 0.2) is 4.99 Å². The second-order valence-electron chi connectivity index (χ2n) is 5.92. The SMILES string of the molecule is CC1C(O)CC2C(=O)N=C(N)C3CCCC1C23. The molecule has 0 spiro atoms. The van der Waals surface area contributed by atoms with E-state index in [0.29, 0.717) is 24.1 Å². The number of hydrogen-bond donors (Lipinski definition) is 2. The van der Waals surface area contributed by atoms with Gasteiger partial charge >= 0.3 is 0 Å². The van der Waals surface area contributed by atoms with Crippen molar-refractivity contribution < 1.29 is 9.90 Å². The lowest BCUT2D eigenvalue weighted by atomic mass is 9.55. The van der Waals surface area contributed by atoms with E-state index in [1.807, 2.05) is 0 Å². The number of nitrogens with two attached hydrogens (primary N) is 1. The zero-order chi connectivity index (χ0) is 12.2. The summed E-state index contributed by atoms with van der Waals surface area (Å²) in [6.07, 6.45) is 3.55. The van der Waals surface area contributed by atoms with Crippen molar-refractivity contribution in [3.63, 3.8) is 0 Å². The predicted molar refractivity (Wildman–Crippen MR) is 64.2 cm³/mol. The molecule has 0 radical (unpaired) electrons. The summed E-state index contributed by atoms with van der Waals surface area (Å²) in [6, 6.07) is 0. The Morgan fingerprint density at radius 3 is 2.88 bits per heavy atom. The van der Waals surface area contributed by atoms with Crippen LogP contribution in [0.25, 0.3) is 0 Å². The minimum absolute atomic E-state index is 0.0798. The summed E-state index contributed by atoms with van der Waals surface area (Å²) in [7, 11) is 0. The number of aliphatic imine (C=N–C) groups is 1. The topological polar surface area (TPSA) is 75.7 Å². The summed E-state index contributed by atoms with van der Waals surface area (Å²) in [5.74, 6) is 1.73. The Morgan fingerprint density at radius 1 is 1.35 bits per heavy atom. The van der Waals surface area contributed by atoms with Crippen LogP contribution < -0.4 is 5.73 Å². The number of rotatable bonds is 0. The first kappa shape index (κ1) is 11.2. The molecule has 0 aromatic carbocycles. The van der Waals surface area contributed by atoms with Crippen molar-refractivity contribution in [2.75, 3.05) is 0 Å². The number of carbonyl (C=O) groups is 1. The molecule has 4 heteroatoms. The van der Waals surface area contributed by atoms with E-state index in [1.54, 1.807) is 0 Å². The second kappa shape index (κ2) is 3.80. The van der Waals surface area contributed by atoms with E-state index in [-0.39, 0.29) is 29.8 Å². The highest BCUT2D eigenvalue weighted by molar-refractivity contribution is 5.99. The number of carbonyl (C=O) groups excluding carboxylic acids is 1. The Hall–Kier alpha value is -0.900. The fourth-order valence-corrected chi connectivity index (χ4v) is 4.27. The lowest BCUT2D eigenvalue weighted by Gasteiger charge is -2.51. The molecule has 4 nitrogen and oxygen atoms in total. The number of aliphatic hydroxyl groups is 1. The molecular formula is C13H20N2O2. The molecule has 0 saturated heterocycles. The first-order valence-electron chi connectivity index (χ1n) is 6.65. The standard InChI is InChI=1S/C13H20N2O2/c1-6-7-3-2-4-8-11(7)9(5-10(6)16)13(17)15-12(8)14/h6-11,16H,2-5H2,1H3,(H2,14,15,17). The molecule has 6 unspecified atom stereocenters. The number of aliphatic hydroxyl groups excluding tert-OH is 1. The molecule has 3 aliphatic rings. The zero-order valence-electron chi connectivity index (χ0n) is 10.2. The maximum Gasteiger partial charge on any atom is 0.250 e. The van der Waals surface area contributed by atoms with Gasteiger partial charge in [0.25, 0.3) is 5.91 Å². The summed E-state index contributed by atoms with van der Waals surface area (Å²) in [6.45, 7) is 2.11. The van der Waals surface area contributed by atoms with E-state index in [0.717, 1.165) is 19.3 Å². The van der Waals surface area contributed by atoms with E-state index < -0.39 is 0 Å². The van der Waals surface area contributed by atoms with Gasteiger partial charge in [0.1, 0.15) is 5.84 Å². The smallest absolute Gasteiger partial charge is 0.250 e. The predicted octanol–water partition coefficient (Wildman–Crippen LogP) is 0.933. The average molecular weight is 236 g/mol. The van der Waals surface area contributed by atoms with Crippen LogP contribution in [0.1, 0.15) is 32.6 Å². The van der Waals surface area contributed by atoms with Gasteiger partial charge in [0.05, 0.1) is 6.10 Å². The quantitative estimate of drug-likeness (QED) is 0.657. The third-order valence-electron chi connectivity index (χ3n) is 5.19. The summed E-state index contributed by atoms with van der Waals surface area (Å²) < 4.78 is 0. The Labute approximate surface area is 101 Å². The van der Waals surface area contributed by atoms with Gasteiger partial charge in [0, 0.05) is 11.8 Å². The van der Waals surface area contributed by atoms with Crippen molar-refractivity contribution in [2.45, 2.75) is 38.7 Å². The number of hydrogen-bond acceptors (Lipinski definition) is 3.